The van der Waals surface area contributed by atoms with Crippen molar-refractivity contribution in [3.8, 4) is 0 Å². The lowest BCUT2D eigenvalue weighted by atomic mass is 9.93. The van der Waals surface area contributed by atoms with Gasteiger partial charge in [-0.1, -0.05) is 37.3 Å². The Morgan fingerprint density at radius 2 is 2.11 bits per heavy atom. The van der Waals surface area contributed by atoms with E-state index >= 15 is 0 Å². The predicted molar refractivity (Wildman–Crippen MR) is 68.2 cm³/mol. The van der Waals surface area contributed by atoms with Crippen LogP contribution in [0, 0.1) is 0 Å². The van der Waals surface area contributed by atoms with Crippen molar-refractivity contribution in [1.82, 2.24) is 9.55 Å². The first kappa shape index (κ1) is 12.4. The number of benzene rings is 1. The van der Waals surface area contributed by atoms with E-state index in [9.17, 15) is 4.79 Å². The van der Waals surface area contributed by atoms with Crippen molar-refractivity contribution in [3.05, 3.63) is 54.6 Å². The Bertz CT molecular complexity index is 508. The van der Waals surface area contributed by atoms with E-state index in [1.165, 1.54) is 10.9 Å². The summed E-state index contributed by atoms with van der Waals surface area (Å²) >= 11 is 0. The van der Waals surface area contributed by atoms with Crippen molar-refractivity contribution in [2.24, 2.45) is 0 Å². The molecule has 2 rings (SSSR count). The number of hydrogen-bond acceptors (Lipinski definition) is 3. The molecule has 0 aliphatic heterocycles. The molecule has 0 radical (unpaired) electrons. The molecule has 0 aliphatic rings. The Balaban J connectivity index is 2.21. The van der Waals surface area contributed by atoms with Crippen LogP contribution in [0.2, 0.25) is 0 Å². The lowest BCUT2D eigenvalue weighted by Gasteiger charge is -2.28. The van der Waals surface area contributed by atoms with Crippen LogP contribution in [0.4, 0.5) is 4.79 Å². The first-order valence-corrected chi connectivity index (χ1v) is 5.92. The van der Waals surface area contributed by atoms with Gasteiger partial charge in [0, 0.05) is 12.4 Å². The molecule has 0 fully saturated rings. The summed E-state index contributed by atoms with van der Waals surface area (Å²) in [5.74, 6) is 0. The minimum atomic E-state index is -0.622. The molecule has 4 heteroatoms. The van der Waals surface area contributed by atoms with E-state index in [-0.39, 0.29) is 0 Å². The van der Waals surface area contributed by atoms with Gasteiger partial charge in [0.05, 0.1) is 0 Å². The number of imidazole rings is 1. The summed E-state index contributed by atoms with van der Waals surface area (Å²) in [6.45, 7) is 3.91. The van der Waals surface area contributed by atoms with Gasteiger partial charge in [0.2, 0.25) is 0 Å². The third-order valence-corrected chi connectivity index (χ3v) is 3.09. The summed E-state index contributed by atoms with van der Waals surface area (Å²) in [5.41, 5.74) is 0.365. The van der Waals surface area contributed by atoms with E-state index < -0.39 is 11.7 Å². The highest BCUT2D eigenvalue weighted by Crippen LogP contribution is 2.29. The summed E-state index contributed by atoms with van der Waals surface area (Å²) in [4.78, 5) is 15.8. The number of ether oxygens (including phenoxy) is 1. The fourth-order valence-corrected chi connectivity index (χ4v) is 1.74. The first-order chi connectivity index (χ1) is 8.65. The molecule has 1 aromatic heterocycles. The lowest BCUT2D eigenvalue weighted by Crippen LogP contribution is -2.30. The van der Waals surface area contributed by atoms with E-state index in [0.717, 1.165) is 5.56 Å². The van der Waals surface area contributed by atoms with Gasteiger partial charge < -0.3 is 4.74 Å². The summed E-state index contributed by atoms with van der Waals surface area (Å²) < 4.78 is 6.93. The van der Waals surface area contributed by atoms with Crippen LogP contribution < -0.4 is 0 Å². The molecule has 1 aromatic carbocycles. The fraction of sp³-hybridized carbons (Fsp3) is 0.286. The van der Waals surface area contributed by atoms with Crippen molar-refractivity contribution >= 4 is 6.09 Å². The van der Waals surface area contributed by atoms with E-state index in [2.05, 4.69) is 4.98 Å². The van der Waals surface area contributed by atoms with Gasteiger partial charge in [-0.25, -0.2) is 14.3 Å². The zero-order chi connectivity index (χ0) is 13.0. The van der Waals surface area contributed by atoms with Crippen LogP contribution in [-0.2, 0) is 10.3 Å². The standard InChI is InChI=1S/C14H16N2O2/c1-3-14(2,12-7-5-4-6-8-12)18-13(17)16-10-9-15-11-16/h4-11H,3H2,1-2H3. The van der Waals surface area contributed by atoms with Crippen LogP contribution in [0.5, 0.6) is 0 Å². The van der Waals surface area contributed by atoms with Crippen LogP contribution in [0.1, 0.15) is 25.8 Å². The summed E-state index contributed by atoms with van der Waals surface area (Å²) in [6.07, 6.45) is 4.85. The Morgan fingerprint density at radius 1 is 1.39 bits per heavy atom. The minimum absolute atomic E-state index is 0.416. The number of carbonyl (C=O) groups is 1. The molecule has 1 unspecified atom stereocenters. The molecule has 0 spiro atoms. The molecule has 2 aromatic rings. The molecule has 0 N–H and O–H groups in total. The third-order valence-electron chi connectivity index (χ3n) is 3.09. The van der Waals surface area contributed by atoms with Gasteiger partial charge in [-0.15, -0.1) is 0 Å². The second-order valence-electron chi connectivity index (χ2n) is 4.29. The molecular weight excluding hydrogens is 228 g/mol. The molecule has 0 bridgehead atoms. The van der Waals surface area contributed by atoms with E-state index in [0.29, 0.717) is 6.42 Å². The SMILES string of the molecule is CCC(C)(OC(=O)n1ccnc1)c1ccccc1. The van der Waals surface area contributed by atoms with Crippen LogP contribution in [0.25, 0.3) is 0 Å². The largest absolute Gasteiger partial charge is 0.438 e. The highest BCUT2D eigenvalue weighted by molar-refractivity contribution is 5.70. The topological polar surface area (TPSA) is 44.1 Å². The van der Waals surface area contributed by atoms with Gasteiger partial charge in [-0.05, 0) is 18.9 Å². The van der Waals surface area contributed by atoms with Gasteiger partial charge in [0.25, 0.3) is 0 Å². The maximum absolute atomic E-state index is 12.0. The minimum Gasteiger partial charge on any atom is -0.438 e. The van der Waals surface area contributed by atoms with Crippen LogP contribution in [0.15, 0.2) is 49.1 Å². The lowest BCUT2D eigenvalue weighted by molar-refractivity contribution is 0.0195. The number of rotatable bonds is 3. The van der Waals surface area contributed by atoms with Gasteiger partial charge in [-0.2, -0.15) is 0 Å². The molecule has 0 saturated carbocycles. The van der Waals surface area contributed by atoms with Gasteiger partial charge in [0.1, 0.15) is 11.9 Å². The van der Waals surface area contributed by atoms with Crippen molar-refractivity contribution in [2.75, 3.05) is 0 Å². The summed E-state index contributed by atoms with van der Waals surface area (Å²) in [7, 11) is 0. The molecule has 1 atom stereocenters. The van der Waals surface area contributed by atoms with Gasteiger partial charge in [0.15, 0.2) is 0 Å². The van der Waals surface area contributed by atoms with Gasteiger partial charge >= 0.3 is 6.09 Å². The molecule has 94 valence electrons. The van der Waals surface area contributed by atoms with E-state index in [1.54, 1.807) is 12.4 Å². The average Bonchev–Trinajstić information content (AvgIpc) is 2.93. The Morgan fingerprint density at radius 3 is 2.67 bits per heavy atom. The molecular formula is C14H16N2O2. The van der Waals surface area contributed by atoms with E-state index in [4.69, 9.17) is 4.74 Å². The smallest absolute Gasteiger partial charge is 0.420 e. The maximum atomic E-state index is 12.0. The maximum Gasteiger partial charge on any atom is 0.420 e. The molecule has 4 nitrogen and oxygen atoms in total. The zero-order valence-electron chi connectivity index (χ0n) is 10.5. The predicted octanol–water partition coefficient (Wildman–Crippen LogP) is 3.19. The second-order valence-corrected chi connectivity index (χ2v) is 4.29. The molecule has 0 amide bonds. The quantitative estimate of drug-likeness (QED) is 0.832. The summed E-state index contributed by atoms with van der Waals surface area (Å²) in [5, 5.41) is 0. The average molecular weight is 244 g/mol. The van der Waals surface area contributed by atoms with Gasteiger partial charge in [-0.3, -0.25) is 0 Å². The summed E-state index contributed by atoms with van der Waals surface area (Å²) in [6, 6.07) is 9.75. The number of nitrogens with zero attached hydrogens (tertiary/aromatic N) is 2. The Labute approximate surface area is 106 Å². The molecule has 0 saturated heterocycles. The molecule has 1 heterocycles. The second kappa shape index (κ2) is 5.04. The van der Waals surface area contributed by atoms with Crippen molar-refractivity contribution < 1.29 is 9.53 Å². The normalized spacial score (nSPS) is 13.9. The fourth-order valence-electron chi connectivity index (χ4n) is 1.74. The zero-order valence-corrected chi connectivity index (χ0v) is 10.5. The monoisotopic (exact) mass is 244 g/mol. The van der Waals surface area contributed by atoms with Crippen LogP contribution in [-0.4, -0.2) is 15.6 Å². The number of carbonyl (C=O) groups excluding carboxylic acids is 1. The van der Waals surface area contributed by atoms with Crippen LogP contribution >= 0.6 is 0 Å². The highest BCUT2D eigenvalue weighted by Gasteiger charge is 2.29. The highest BCUT2D eigenvalue weighted by atomic mass is 16.6. The van der Waals surface area contributed by atoms with Crippen molar-refractivity contribution in [3.63, 3.8) is 0 Å². The molecule has 18 heavy (non-hydrogen) atoms. The van der Waals surface area contributed by atoms with Crippen LogP contribution in [0.3, 0.4) is 0 Å². The first-order valence-electron chi connectivity index (χ1n) is 5.92. The Hall–Kier alpha value is -2.10. The molecule has 0 aliphatic carbocycles. The van der Waals surface area contributed by atoms with Crippen molar-refractivity contribution in [2.45, 2.75) is 25.9 Å². The Kier molecular flexibility index (Phi) is 3.46. The number of hydrogen-bond donors (Lipinski definition) is 0. The number of aromatic nitrogens is 2. The third kappa shape index (κ3) is 2.42. The van der Waals surface area contributed by atoms with Crippen molar-refractivity contribution in [1.29, 1.82) is 0 Å². The van der Waals surface area contributed by atoms with E-state index in [1.807, 2.05) is 44.2 Å².